The van der Waals surface area contributed by atoms with Gasteiger partial charge in [0.15, 0.2) is 0 Å². The van der Waals surface area contributed by atoms with Crippen LogP contribution >= 0.6 is 0 Å². The summed E-state index contributed by atoms with van der Waals surface area (Å²) in [7, 11) is 1.67. The maximum Gasteiger partial charge on any atom is 0.325 e. The van der Waals surface area contributed by atoms with E-state index in [1.807, 2.05) is 25.1 Å². The summed E-state index contributed by atoms with van der Waals surface area (Å²) < 4.78 is 10.3. The maximum absolute atomic E-state index is 12.3. The van der Waals surface area contributed by atoms with E-state index < -0.39 is 5.97 Å². The Hall–Kier alpha value is -3.61. The van der Waals surface area contributed by atoms with Crippen molar-refractivity contribution in [1.82, 2.24) is 15.5 Å². The van der Waals surface area contributed by atoms with E-state index in [9.17, 15) is 9.59 Å². The molecule has 1 aliphatic rings. The zero-order chi connectivity index (χ0) is 21.8. The number of benzene rings is 2. The number of fused-ring (bicyclic) bond motifs is 3. The van der Waals surface area contributed by atoms with E-state index in [1.54, 1.807) is 19.2 Å². The molecule has 4 rings (SSSR count). The Labute approximate surface area is 180 Å². The van der Waals surface area contributed by atoms with Crippen LogP contribution in [-0.4, -0.2) is 42.3 Å². The van der Waals surface area contributed by atoms with Crippen molar-refractivity contribution in [2.75, 3.05) is 20.3 Å². The highest BCUT2D eigenvalue weighted by atomic mass is 16.5. The molecule has 1 aromatic heterocycles. The first-order valence-corrected chi connectivity index (χ1v) is 10.4. The van der Waals surface area contributed by atoms with Crippen LogP contribution in [0.25, 0.3) is 22.5 Å². The summed E-state index contributed by atoms with van der Waals surface area (Å²) in [6, 6.07) is 13.3. The van der Waals surface area contributed by atoms with Crippen molar-refractivity contribution >= 4 is 11.9 Å². The number of carbonyl (C=O) groups is 2. The number of H-pyrrole nitrogens is 1. The molecule has 3 aromatic rings. The number of nitrogens with one attached hydrogen (secondary N) is 2. The first-order valence-electron chi connectivity index (χ1n) is 10.4. The molecular weight excluding hydrogens is 394 g/mol. The molecule has 2 N–H and O–H groups in total. The number of ether oxygens (including phenoxy) is 2. The normalized spacial score (nSPS) is 11.9. The summed E-state index contributed by atoms with van der Waals surface area (Å²) in [5.41, 5.74) is 6.91. The molecule has 0 fully saturated rings. The molecule has 2 aromatic carbocycles. The minimum atomic E-state index is -0.437. The number of aromatic amines is 1. The summed E-state index contributed by atoms with van der Waals surface area (Å²) in [6.07, 6.45) is 2.54. The van der Waals surface area contributed by atoms with E-state index in [4.69, 9.17) is 9.47 Å². The van der Waals surface area contributed by atoms with Crippen molar-refractivity contribution in [3.8, 4) is 28.3 Å². The second-order valence-electron chi connectivity index (χ2n) is 7.43. The average Bonchev–Trinajstić information content (AvgIpc) is 3.25. The molecule has 31 heavy (non-hydrogen) atoms. The molecule has 1 aliphatic carbocycles. The van der Waals surface area contributed by atoms with Gasteiger partial charge in [0.25, 0.3) is 5.91 Å². The number of esters is 1. The van der Waals surface area contributed by atoms with E-state index in [0.29, 0.717) is 12.2 Å². The molecule has 0 bridgehead atoms. The van der Waals surface area contributed by atoms with Crippen LogP contribution in [0.3, 0.4) is 0 Å². The van der Waals surface area contributed by atoms with Crippen LogP contribution in [0.5, 0.6) is 5.75 Å². The van der Waals surface area contributed by atoms with E-state index in [1.165, 1.54) is 11.1 Å². The first-order chi connectivity index (χ1) is 15.1. The molecule has 160 valence electrons. The third-order valence-corrected chi connectivity index (χ3v) is 5.37. The second kappa shape index (κ2) is 9.04. The largest absolute Gasteiger partial charge is 0.497 e. The molecule has 0 spiro atoms. The van der Waals surface area contributed by atoms with Crippen LogP contribution < -0.4 is 10.1 Å². The predicted molar refractivity (Wildman–Crippen MR) is 117 cm³/mol. The van der Waals surface area contributed by atoms with Gasteiger partial charge < -0.3 is 14.8 Å². The molecule has 0 saturated carbocycles. The number of nitrogens with zero attached hydrogens (tertiary/aromatic N) is 1. The number of aryl methyl sites for hydroxylation is 1. The lowest BCUT2D eigenvalue weighted by Crippen LogP contribution is -2.30. The van der Waals surface area contributed by atoms with Gasteiger partial charge in [-0.1, -0.05) is 19.1 Å². The monoisotopic (exact) mass is 419 g/mol. The molecule has 1 heterocycles. The summed E-state index contributed by atoms with van der Waals surface area (Å²) in [6.45, 7) is 2.13. The smallest absolute Gasteiger partial charge is 0.325 e. The fourth-order valence-electron chi connectivity index (χ4n) is 3.78. The molecule has 0 saturated heterocycles. The van der Waals surface area contributed by atoms with Gasteiger partial charge in [0.1, 0.15) is 12.3 Å². The summed E-state index contributed by atoms with van der Waals surface area (Å²) >= 11 is 0. The van der Waals surface area contributed by atoms with E-state index >= 15 is 0 Å². The number of rotatable bonds is 7. The Morgan fingerprint density at radius 3 is 2.68 bits per heavy atom. The number of hydrogen-bond acceptors (Lipinski definition) is 5. The number of aromatic nitrogens is 2. The van der Waals surface area contributed by atoms with Gasteiger partial charge in [0.2, 0.25) is 0 Å². The number of hydrogen-bond donors (Lipinski definition) is 2. The van der Waals surface area contributed by atoms with Crippen molar-refractivity contribution in [3.63, 3.8) is 0 Å². The van der Waals surface area contributed by atoms with Gasteiger partial charge >= 0.3 is 5.97 Å². The number of amides is 1. The summed E-state index contributed by atoms with van der Waals surface area (Å²) in [5.74, 6) is 0.106. The topological polar surface area (TPSA) is 93.3 Å². The SMILES string of the molecule is CCCOC(=O)CNC(=O)c1ccc(-c2n[nH]c3c2CCc2cc(OC)ccc2-3)cc1. The van der Waals surface area contributed by atoms with Gasteiger partial charge in [-0.15, -0.1) is 0 Å². The molecule has 1 amide bonds. The number of carbonyl (C=O) groups excluding carboxylic acids is 2. The molecule has 0 atom stereocenters. The lowest BCUT2D eigenvalue weighted by molar-refractivity contribution is -0.142. The van der Waals surface area contributed by atoms with Crippen LogP contribution in [0.2, 0.25) is 0 Å². The van der Waals surface area contributed by atoms with Crippen molar-refractivity contribution in [2.24, 2.45) is 0 Å². The van der Waals surface area contributed by atoms with Gasteiger partial charge in [0.05, 0.1) is 25.1 Å². The van der Waals surface area contributed by atoms with Gasteiger partial charge in [-0.05, 0) is 55.2 Å². The fraction of sp³-hybridized carbons (Fsp3) is 0.292. The van der Waals surface area contributed by atoms with Crippen LogP contribution in [0.1, 0.15) is 34.8 Å². The highest BCUT2D eigenvalue weighted by Gasteiger charge is 2.23. The van der Waals surface area contributed by atoms with Crippen molar-refractivity contribution in [2.45, 2.75) is 26.2 Å². The Morgan fingerprint density at radius 2 is 1.94 bits per heavy atom. The van der Waals surface area contributed by atoms with Crippen molar-refractivity contribution < 1.29 is 19.1 Å². The predicted octanol–water partition coefficient (Wildman–Crippen LogP) is 3.53. The van der Waals surface area contributed by atoms with E-state index in [-0.39, 0.29) is 12.5 Å². The maximum atomic E-state index is 12.3. The minimum Gasteiger partial charge on any atom is -0.497 e. The van der Waals surface area contributed by atoms with Gasteiger partial charge in [-0.3, -0.25) is 14.7 Å². The summed E-state index contributed by atoms with van der Waals surface area (Å²) in [4.78, 5) is 23.8. The standard InChI is InChI=1S/C24H25N3O4/c1-3-12-31-21(28)14-25-24(29)16-6-4-15(5-7-16)22-20-10-8-17-13-18(30-2)9-11-19(17)23(20)27-26-22/h4-7,9,11,13H,3,8,10,12,14H2,1-2H3,(H,25,29)(H,26,27). The zero-order valence-electron chi connectivity index (χ0n) is 17.7. The minimum absolute atomic E-state index is 0.141. The highest BCUT2D eigenvalue weighted by Crippen LogP contribution is 2.38. The molecular formula is C24H25N3O4. The van der Waals surface area contributed by atoms with E-state index in [0.717, 1.165) is 47.5 Å². The van der Waals surface area contributed by atoms with Crippen LogP contribution in [0.4, 0.5) is 0 Å². The average molecular weight is 419 g/mol. The van der Waals surface area contributed by atoms with Crippen molar-refractivity contribution in [1.29, 1.82) is 0 Å². The third kappa shape index (κ3) is 4.30. The van der Waals surface area contributed by atoms with Crippen LogP contribution in [-0.2, 0) is 22.4 Å². The molecule has 0 unspecified atom stereocenters. The lowest BCUT2D eigenvalue weighted by atomic mass is 9.87. The van der Waals surface area contributed by atoms with E-state index in [2.05, 4.69) is 27.6 Å². The highest BCUT2D eigenvalue weighted by molar-refractivity contribution is 5.96. The van der Waals surface area contributed by atoms with Crippen molar-refractivity contribution in [3.05, 3.63) is 59.2 Å². The Balaban J connectivity index is 1.49. The quantitative estimate of drug-likeness (QED) is 0.572. The Kier molecular flexibility index (Phi) is 6.02. The van der Waals surface area contributed by atoms with Crippen LogP contribution in [0, 0.1) is 0 Å². The third-order valence-electron chi connectivity index (χ3n) is 5.37. The molecule has 0 radical (unpaired) electrons. The Morgan fingerprint density at radius 1 is 1.13 bits per heavy atom. The summed E-state index contributed by atoms with van der Waals surface area (Å²) in [5, 5.41) is 10.3. The zero-order valence-corrected chi connectivity index (χ0v) is 17.7. The second-order valence-corrected chi connectivity index (χ2v) is 7.43. The lowest BCUT2D eigenvalue weighted by Gasteiger charge is -2.17. The van der Waals surface area contributed by atoms with Gasteiger partial charge in [-0.25, -0.2) is 0 Å². The molecule has 0 aliphatic heterocycles. The Bertz CT molecular complexity index is 1100. The van der Waals surface area contributed by atoms with Gasteiger partial charge in [0, 0.05) is 22.3 Å². The van der Waals surface area contributed by atoms with Gasteiger partial charge in [-0.2, -0.15) is 5.10 Å². The fourth-order valence-corrected chi connectivity index (χ4v) is 3.78. The first kappa shape index (κ1) is 20.7. The molecule has 7 heteroatoms. The number of methoxy groups -OCH3 is 1. The molecule has 7 nitrogen and oxygen atoms in total. The van der Waals surface area contributed by atoms with Crippen LogP contribution in [0.15, 0.2) is 42.5 Å².